The minimum atomic E-state index is -0.797. The molecule has 0 spiro atoms. The van der Waals surface area contributed by atoms with E-state index in [0.717, 1.165) is 12.5 Å². The number of hydrogen-bond acceptors (Lipinski definition) is 1. The molecule has 0 saturated heterocycles. The molecule has 2 rings (SSSR count). The van der Waals surface area contributed by atoms with Crippen LogP contribution in [0.2, 0.25) is 0 Å². The van der Waals surface area contributed by atoms with E-state index < -0.39 is 26.7 Å². The lowest BCUT2D eigenvalue weighted by molar-refractivity contribution is 0.578. The molecule has 0 saturated carbocycles. The Bertz CT molecular complexity index is 667. The largest absolute Gasteiger partial charge is 0.205 e. The predicted octanol–water partition coefficient (Wildman–Crippen LogP) is 3.56. The molecule has 1 nitrogen and oxygen atoms in total. The standard InChI is InChI=1S/C19H21F2NSi/c1-2-3-4-5-14-6-8-15(9-7-14)13-23-16-10-18(20)17(12-22)19(21)11-16/h6-11H,2-5,13,23H2,1H3. The first-order chi connectivity index (χ1) is 11.1. The lowest BCUT2D eigenvalue weighted by Crippen LogP contribution is -2.19. The van der Waals surface area contributed by atoms with Gasteiger partial charge >= 0.3 is 0 Å². The zero-order valence-corrected chi connectivity index (χ0v) is 14.8. The van der Waals surface area contributed by atoms with E-state index in [2.05, 4.69) is 31.2 Å². The SMILES string of the molecule is CCCCCc1ccc(C[SiH2]c2cc(F)c(C#N)c(F)c2)cc1. The molecule has 0 amide bonds. The summed E-state index contributed by atoms with van der Waals surface area (Å²) in [6.07, 6.45) is 4.80. The summed E-state index contributed by atoms with van der Waals surface area (Å²) in [4.78, 5) is 0. The van der Waals surface area contributed by atoms with Crippen molar-refractivity contribution in [1.82, 2.24) is 0 Å². The van der Waals surface area contributed by atoms with E-state index in [4.69, 9.17) is 5.26 Å². The quantitative estimate of drug-likeness (QED) is 0.563. The normalized spacial score (nSPS) is 11.0. The molecule has 2 aromatic rings. The van der Waals surface area contributed by atoms with Gasteiger partial charge in [0.1, 0.15) is 23.3 Å². The fourth-order valence-electron chi connectivity index (χ4n) is 2.62. The van der Waals surface area contributed by atoms with Crippen LogP contribution in [-0.4, -0.2) is 9.52 Å². The van der Waals surface area contributed by atoms with Crippen molar-refractivity contribution in [2.75, 3.05) is 0 Å². The first kappa shape index (κ1) is 17.4. The number of nitrogens with zero attached hydrogens (tertiary/aromatic N) is 1. The van der Waals surface area contributed by atoms with Crippen molar-refractivity contribution in [2.24, 2.45) is 0 Å². The summed E-state index contributed by atoms with van der Waals surface area (Å²) in [6, 6.07) is 13.6. The second-order valence-electron chi connectivity index (χ2n) is 5.82. The van der Waals surface area contributed by atoms with E-state index in [1.165, 1.54) is 42.5 Å². The van der Waals surface area contributed by atoms with Gasteiger partial charge in [0.05, 0.1) is 9.52 Å². The van der Waals surface area contributed by atoms with Crippen molar-refractivity contribution in [3.63, 3.8) is 0 Å². The van der Waals surface area contributed by atoms with Crippen molar-refractivity contribution in [1.29, 1.82) is 5.26 Å². The van der Waals surface area contributed by atoms with Crippen LogP contribution in [0.1, 0.15) is 42.9 Å². The fraction of sp³-hybridized carbons (Fsp3) is 0.316. The van der Waals surface area contributed by atoms with Gasteiger partial charge in [0, 0.05) is 0 Å². The number of halogens is 2. The van der Waals surface area contributed by atoms with Gasteiger partial charge in [0.2, 0.25) is 0 Å². The van der Waals surface area contributed by atoms with Crippen LogP contribution in [-0.2, 0) is 12.5 Å². The lowest BCUT2D eigenvalue weighted by Gasteiger charge is -2.06. The maximum atomic E-state index is 13.6. The molecule has 0 aromatic heterocycles. The van der Waals surface area contributed by atoms with Crippen LogP contribution < -0.4 is 5.19 Å². The summed E-state index contributed by atoms with van der Waals surface area (Å²) in [6.45, 7) is 2.20. The second-order valence-corrected chi connectivity index (χ2v) is 7.64. The van der Waals surface area contributed by atoms with E-state index in [1.807, 2.05) is 0 Å². The summed E-state index contributed by atoms with van der Waals surface area (Å²) >= 11 is 0. The number of nitriles is 1. The smallest absolute Gasteiger partial charge is 0.143 e. The highest BCUT2D eigenvalue weighted by Crippen LogP contribution is 2.11. The molecule has 0 fully saturated rings. The van der Waals surface area contributed by atoms with Gasteiger partial charge in [-0.1, -0.05) is 54.8 Å². The monoisotopic (exact) mass is 329 g/mol. The molecule has 0 radical (unpaired) electrons. The molecule has 0 bridgehead atoms. The van der Waals surface area contributed by atoms with E-state index in [9.17, 15) is 8.78 Å². The molecule has 0 N–H and O–H groups in total. The summed E-state index contributed by atoms with van der Waals surface area (Å²) in [7, 11) is -0.797. The highest BCUT2D eigenvalue weighted by Gasteiger charge is 2.10. The van der Waals surface area contributed by atoms with E-state index >= 15 is 0 Å². The molecule has 0 aliphatic rings. The number of hydrogen-bond donors (Lipinski definition) is 0. The van der Waals surface area contributed by atoms with Gasteiger partial charge in [-0.2, -0.15) is 5.26 Å². The summed E-state index contributed by atoms with van der Waals surface area (Å²) < 4.78 is 27.2. The Labute approximate surface area is 138 Å². The van der Waals surface area contributed by atoms with Gasteiger partial charge in [-0.15, -0.1) is 0 Å². The maximum absolute atomic E-state index is 13.6. The van der Waals surface area contributed by atoms with Crippen LogP contribution >= 0.6 is 0 Å². The van der Waals surface area contributed by atoms with Gasteiger partial charge in [-0.3, -0.25) is 0 Å². The van der Waals surface area contributed by atoms with Crippen LogP contribution in [0.25, 0.3) is 0 Å². The maximum Gasteiger partial charge on any atom is 0.143 e. The van der Waals surface area contributed by atoms with E-state index in [0.29, 0.717) is 5.19 Å². The van der Waals surface area contributed by atoms with E-state index in [-0.39, 0.29) is 0 Å². The molecule has 0 heterocycles. The third kappa shape index (κ3) is 5.00. The Kier molecular flexibility index (Phi) is 6.48. The molecule has 2 aromatic carbocycles. The van der Waals surface area contributed by atoms with Crippen LogP contribution in [0, 0.1) is 23.0 Å². The molecule has 0 aliphatic heterocycles. The molecule has 0 unspecified atom stereocenters. The van der Waals surface area contributed by atoms with Crippen LogP contribution in [0.5, 0.6) is 0 Å². The Morgan fingerprint density at radius 3 is 2.17 bits per heavy atom. The predicted molar refractivity (Wildman–Crippen MR) is 92.6 cm³/mol. The zero-order chi connectivity index (χ0) is 16.7. The summed E-state index contributed by atoms with van der Waals surface area (Å²) in [5.74, 6) is -1.50. The second kappa shape index (κ2) is 8.59. The number of unbranched alkanes of at least 4 members (excludes halogenated alkanes) is 2. The van der Waals surface area contributed by atoms with Crippen molar-refractivity contribution < 1.29 is 8.78 Å². The Balaban J connectivity index is 1.95. The molecule has 0 atom stereocenters. The minimum absolute atomic E-state index is 0.487. The number of rotatable bonds is 7. The summed E-state index contributed by atoms with van der Waals surface area (Å²) in [5, 5.41) is 9.40. The van der Waals surface area contributed by atoms with Crippen LogP contribution in [0.4, 0.5) is 8.78 Å². The molecular weight excluding hydrogens is 308 g/mol. The molecule has 120 valence electrons. The number of aryl methyl sites for hydroxylation is 1. The summed E-state index contributed by atoms with van der Waals surface area (Å²) in [5.41, 5.74) is 2.07. The third-order valence-corrected chi connectivity index (χ3v) is 5.82. The zero-order valence-electron chi connectivity index (χ0n) is 13.4. The van der Waals surface area contributed by atoms with Crippen molar-refractivity contribution in [3.05, 3.63) is 64.7 Å². The number of benzene rings is 2. The van der Waals surface area contributed by atoms with Crippen LogP contribution in [0.15, 0.2) is 36.4 Å². The Morgan fingerprint density at radius 2 is 1.61 bits per heavy atom. The fourth-order valence-corrected chi connectivity index (χ4v) is 4.17. The highest BCUT2D eigenvalue weighted by atomic mass is 28.2. The molecule has 4 heteroatoms. The highest BCUT2D eigenvalue weighted by molar-refractivity contribution is 6.52. The van der Waals surface area contributed by atoms with Crippen LogP contribution in [0.3, 0.4) is 0 Å². The van der Waals surface area contributed by atoms with E-state index in [1.54, 1.807) is 6.07 Å². The average molecular weight is 329 g/mol. The van der Waals surface area contributed by atoms with Gasteiger partial charge in [0.15, 0.2) is 0 Å². The van der Waals surface area contributed by atoms with Gasteiger partial charge < -0.3 is 0 Å². The first-order valence-electron chi connectivity index (χ1n) is 8.10. The minimum Gasteiger partial charge on any atom is -0.205 e. The molecular formula is C19H21F2NSi. The van der Waals surface area contributed by atoms with Crippen molar-refractivity contribution >= 4 is 14.7 Å². The average Bonchev–Trinajstić information content (AvgIpc) is 2.54. The van der Waals surface area contributed by atoms with Crippen molar-refractivity contribution in [3.8, 4) is 6.07 Å². The Morgan fingerprint density at radius 1 is 1.00 bits per heavy atom. The Hall–Kier alpha value is -1.99. The first-order valence-corrected chi connectivity index (χ1v) is 9.80. The van der Waals surface area contributed by atoms with Gasteiger partial charge in [-0.25, -0.2) is 8.78 Å². The van der Waals surface area contributed by atoms with Gasteiger partial charge in [0.25, 0.3) is 0 Å². The molecule has 0 aliphatic carbocycles. The topological polar surface area (TPSA) is 23.8 Å². The third-order valence-electron chi connectivity index (χ3n) is 4.01. The van der Waals surface area contributed by atoms with Gasteiger partial charge in [-0.05, 0) is 36.6 Å². The van der Waals surface area contributed by atoms with Crippen molar-refractivity contribution in [2.45, 2.75) is 38.7 Å². The molecule has 23 heavy (non-hydrogen) atoms. The lowest BCUT2D eigenvalue weighted by atomic mass is 10.1.